The zero-order valence-corrected chi connectivity index (χ0v) is 6.30. The molecular weight excluding hydrogens is 170 g/mol. The highest BCUT2D eigenvalue weighted by atomic mass is 19.3. The first-order valence-electron chi connectivity index (χ1n) is 3.57. The molecule has 0 aliphatic carbocycles. The number of amides is 1. The minimum Gasteiger partial charge on any atom is -0.371 e. The summed E-state index contributed by atoms with van der Waals surface area (Å²) in [4.78, 5) is 10.9. The monoisotopic (exact) mass is 180 g/mol. The van der Waals surface area contributed by atoms with Gasteiger partial charge in [-0.05, 0) is 6.42 Å². The average Bonchev–Trinajstić information content (AvgIpc) is 2.50. The molecule has 0 bridgehead atoms. The zero-order valence-electron chi connectivity index (χ0n) is 6.30. The first kappa shape index (κ1) is 9.34. The van der Waals surface area contributed by atoms with Crippen molar-refractivity contribution in [2.24, 2.45) is 11.8 Å². The summed E-state index contributed by atoms with van der Waals surface area (Å²) in [6, 6.07) is 0. The lowest BCUT2D eigenvalue weighted by Crippen LogP contribution is -2.41. The van der Waals surface area contributed by atoms with Gasteiger partial charge in [-0.1, -0.05) is 0 Å². The summed E-state index contributed by atoms with van der Waals surface area (Å²) < 4.78 is 29.0. The fraction of sp³-hybridized carbons (Fsp3) is 0.833. The van der Waals surface area contributed by atoms with E-state index in [1.54, 1.807) is 0 Å². The Balaban J connectivity index is 2.57. The smallest absolute Gasteiger partial charge is 0.265 e. The maximum atomic E-state index is 12.1. The number of rotatable bonds is 2. The number of carbonyl (C=O) groups excluding carboxylic acids is 1. The van der Waals surface area contributed by atoms with E-state index in [1.807, 2.05) is 5.43 Å². The van der Waals surface area contributed by atoms with Crippen LogP contribution in [0.15, 0.2) is 0 Å². The molecule has 1 amide bonds. The maximum Gasteiger partial charge on any atom is 0.265 e. The van der Waals surface area contributed by atoms with E-state index in [0.717, 1.165) is 0 Å². The van der Waals surface area contributed by atoms with Crippen molar-refractivity contribution >= 4 is 5.91 Å². The topological polar surface area (TPSA) is 64.3 Å². The average molecular weight is 180 g/mol. The summed E-state index contributed by atoms with van der Waals surface area (Å²) in [5.41, 5.74) is 1.84. The summed E-state index contributed by atoms with van der Waals surface area (Å²) in [6.07, 6.45) is -3.62. The van der Waals surface area contributed by atoms with E-state index in [4.69, 9.17) is 5.84 Å². The number of alkyl halides is 2. The van der Waals surface area contributed by atoms with E-state index in [2.05, 4.69) is 4.74 Å². The molecule has 0 aromatic rings. The Labute approximate surface area is 68.0 Å². The molecule has 1 aliphatic rings. The highest BCUT2D eigenvalue weighted by Crippen LogP contribution is 2.25. The third-order valence-corrected chi connectivity index (χ3v) is 1.86. The van der Waals surface area contributed by atoms with Crippen molar-refractivity contribution in [2.75, 3.05) is 6.61 Å². The van der Waals surface area contributed by atoms with Gasteiger partial charge in [0.15, 0.2) is 0 Å². The lowest BCUT2D eigenvalue weighted by Gasteiger charge is -2.15. The third-order valence-electron chi connectivity index (χ3n) is 1.86. The van der Waals surface area contributed by atoms with Crippen LogP contribution in [0.2, 0.25) is 0 Å². The van der Waals surface area contributed by atoms with Crippen molar-refractivity contribution in [3.8, 4) is 0 Å². The Morgan fingerprint density at radius 1 is 1.67 bits per heavy atom. The number of hydrogen-bond donors (Lipinski definition) is 2. The predicted molar refractivity (Wildman–Crippen MR) is 36.2 cm³/mol. The molecule has 1 rings (SSSR count). The van der Waals surface area contributed by atoms with Crippen molar-refractivity contribution in [3.05, 3.63) is 0 Å². The molecule has 1 aliphatic heterocycles. The van der Waals surface area contributed by atoms with Gasteiger partial charge in [0.2, 0.25) is 5.91 Å². The molecule has 0 spiro atoms. The van der Waals surface area contributed by atoms with Crippen LogP contribution in [0.5, 0.6) is 0 Å². The van der Waals surface area contributed by atoms with E-state index in [-0.39, 0.29) is 6.61 Å². The van der Waals surface area contributed by atoms with E-state index in [9.17, 15) is 13.6 Å². The Morgan fingerprint density at radius 2 is 2.33 bits per heavy atom. The minimum absolute atomic E-state index is 0.188. The summed E-state index contributed by atoms with van der Waals surface area (Å²) in [6.45, 7) is 0.188. The first-order chi connectivity index (χ1) is 5.66. The Bertz CT molecular complexity index is 177. The Kier molecular flexibility index (Phi) is 2.93. The van der Waals surface area contributed by atoms with E-state index in [1.165, 1.54) is 0 Å². The highest BCUT2D eigenvalue weighted by Gasteiger charge is 2.39. The molecule has 1 saturated heterocycles. The molecule has 3 N–H and O–H groups in total. The van der Waals surface area contributed by atoms with Gasteiger partial charge in [0, 0.05) is 6.61 Å². The van der Waals surface area contributed by atoms with Gasteiger partial charge in [-0.15, -0.1) is 0 Å². The van der Waals surface area contributed by atoms with Gasteiger partial charge in [0.05, 0.1) is 5.92 Å². The predicted octanol–water partition coefficient (Wildman–Crippen LogP) is -0.354. The molecule has 6 heteroatoms. The second kappa shape index (κ2) is 3.77. The molecule has 0 aromatic carbocycles. The number of nitrogens with two attached hydrogens (primary N) is 1. The standard InChI is InChI=1S/C6H10F2N2O2/c7-5(8)4-3(1-2-12-4)6(11)10-9/h3-5H,1-2,9H2,(H,10,11)/t3-,4-/m1/s1. The van der Waals surface area contributed by atoms with Crippen LogP contribution in [0.25, 0.3) is 0 Å². The van der Waals surface area contributed by atoms with Crippen molar-refractivity contribution in [1.82, 2.24) is 5.43 Å². The summed E-state index contributed by atoms with van der Waals surface area (Å²) in [5.74, 6) is 3.42. The number of nitrogens with one attached hydrogen (secondary N) is 1. The van der Waals surface area contributed by atoms with Crippen LogP contribution in [-0.2, 0) is 9.53 Å². The van der Waals surface area contributed by atoms with E-state index in [0.29, 0.717) is 6.42 Å². The van der Waals surface area contributed by atoms with Gasteiger partial charge in [-0.2, -0.15) is 0 Å². The van der Waals surface area contributed by atoms with Crippen LogP contribution < -0.4 is 11.3 Å². The number of carbonyl (C=O) groups is 1. The molecule has 0 radical (unpaired) electrons. The lowest BCUT2D eigenvalue weighted by atomic mass is 10.0. The fourth-order valence-electron chi connectivity index (χ4n) is 1.25. The van der Waals surface area contributed by atoms with Crippen LogP contribution in [-0.4, -0.2) is 25.0 Å². The molecule has 2 atom stereocenters. The number of hydrazine groups is 1. The maximum absolute atomic E-state index is 12.1. The molecule has 1 heterocycles. The van der Waals surface area contributed by atoms with Gasteiger partial charge in [0.1, 0.15) is 6.10 Å². The molecule has 0 aromatic heterocycles. The Morgan fingerprint density at radius 3 is 2.83 bits per heavy atom. The normalized spacial score (nSPS) is 29.3. The van der Waals surface area contributed by atoms with Gasteiger partial charge in [0.25, 0.3) is 6.43 Å². The van der Waals surface area contributed by atoms with Crippen molar-refractivity contribution in [3.63, 3.8) is 0 Å². The number of hydrogen-bond acceptors (Lipinski definition) is 3. The molecule has 4 nitrogen and oxygen atoms in total. The van der Waals surface area contributed by atoms with Crippen LogP contribution in [0.3, 0.4) is 0 Å². The third kappa shape index (κ3) is 1.70. The zero-order chi connectivity index (χ0) is 9.14. The number of ether oxygens (including phenoxy) is 1. The van der Waals surface area contributed by atoms with Crippen LogP contribution in [0, 0.1) is 5.92 Å². The molecule has 0 saturated carbocycles. The van der Waals surface area contributed by atoms with Gasteiger partial charge >= 0.3 is 0 Å². The molecule has 12 heavy (non-hydrogen) atoms. The Hall–Kier alpha value is -0.750. The largest absolute Gasteiger partial charge is 0.371 e. The molecule has 70 valence electrons. The highest BCUT2D eigenvalue weighted by molar-refractivity contribution is 5.78. The van der Waals surface area contributed by atoms with Crippen molar-refractivity contribution in [2.45, 2.75) is 19.0 Å². The van der Waals surface area contributed by atoms with Crippen molar-refractivity contribution < 1.29 is 18.3 Å². The summed E-state index contributed by atoms with van der Waals surface area (Å²) in [5, 5.41) is 0. The van der Waals surface area contributed by atoms with Gasteiger partial charge in [-0.3, -0.25) is 10.2 Å². The van der Waals surface area contributed by atoms with Crippen molar-refractivity contribution in [1.29, 1.82) is 0 Å². The van der Waals surface area contributed by atoms with E-state index < -0.39 is 24.4 Å². The first-order valence-corrected chi connectivity index (χ1v) is 3.57. The quantitative estimate of drug-likeness (QED) is 0.346. The molecular formula is C6H10F2N2O2. The molecule has 1 fully saturated rings. The van der Waals surface area contributed by atoms with Gasteiger partial charge in [-0.25, -0.2) is 14.6 Å². The lowest BCUT2D eigenvalue weighted by molar-refractivity contribution is -0.130. The fourth-order valence-corrected chi connectivity index (χ4v) is 1.25. The summed E-state index contributed by atoms with van der Waals surface area (Å²) in [7, 11) is 0. The summed E-state index contributed by atoms with van der Waals surface area (Å²) >= 11 is 0. The molecule has 0 unspecified atom stereocenters. The number of halogens is 2. The van der Waals surface area contributed by atoms with E-state index >= 15 is 0 Å². The minimum atomic E-state index is -2.63. The second-order valence-corrected chi connectivity index (χ2v) is 2.57. The second-order valence-electron chi connectivity index (χ2n) is 2.57. The SMILES string of the molecule is NNC(=O)[C@@H]1CCO[C@H]1C(F)F. The van der Waals surface area contributed by atoms with Crippen LogP contribution in [0.1, 0.15) is 6.42 Å². The van der Waals surface area contributed by atoms with Gasteiger partial charge < -0.3 is 4.74 Å². The van der Waals surface area contributed by atoms with Crippen LogP contribution >= 0.6 is 0 Å². The van der Waals surface area contributed by atoms with Crippen LogP contribution in [0.4, 0.5) is 8.78 Å².